The Morgan fingerprint density at radius 1 is 1.34 bits per heavy atom. The molecular formula is C20H23ClN2O6. The van der Waals surface area contributed by atoms with Crippen molar-refractivity contribution in [1.29, 1.82) is 0 Å². The molecule has 1 saturated heterocycles. The first kappa shape index (κ1) is 20.0. The number of oxazole rings is 1. The molecule has 29 heavy (non-hydrogen) atoms. The summed E-state index contributed by atoms with van der Waals surface area (Å²) in [6.07, 6.45) is 0.283. The third-order valence-corrected chi connectivity index (χ3v) is 5.31. The highest BCUT2D eigenvalue weighted by Crippen LogP contribution is 2.41. The summed E-state index contributed by atoms with van der Waals surface area (Å²) >= 11 is 6.39. The molecule has 1 aromatic carbocycles. The Morgan fingerprint density at radius 3 is 2.93 bits per heavy atom. The van der Waals surface area contributed by atoms with E-state index in [1.165, 1.54) is 0 Å². The van der Waals surface area contributed by atoms with Gasteiger partial charge in [0.05, 0.1) is 42.5 Å². The standard InChI is InChI=1S/C20H23ClN2O6/c1-3-26-19(24)6-13-10-25-5-4-23(13)9-16-12(2)29-20(22-16)14-7-17-18(8-15(14)21)28-11-27-17/h7-8,13H,3-6,9-11H2,1-2H3/t13-/m0/s1. The SMILES string of the molecule is CCOC(=O)C[C@H]1COCCN1Cc1nc(-c2cc3c(cc2Cl)OCO3)oc1C. The fourth-order valence-electron chi connectivity index (χ4n) is 3.46. The number of nitrogens with zero attached hydrogens (tertiary/aromatic N) is 2. The van der Waals surface area contributed by atoms with Crippen LogP contribution in [0.3, 0.4) is 0 Å². The highest BCUT2D eigenvalue weighted by Gasteiger charge is 2.28. The second kappa shape index (κ2) is 8.61. The largest absolute Gasteiger partial charge is 0.466 e. The number of carbonyl (C=O) groups excluding carboxylic acids is 1. The highest BCUT2D eigenvalue weighted by atomic mass is 35.5. The zero-order chi connectivity index (χ0) is 20.4. The van der Waals surface area contributed by atoms with Crippen LogP contribution in [0.2, 0.25) is 5.02 Å². The van der Waals surface area contributed by atoms with Crippen molar-refractivity contribution in [2.75, 3.05) is 33.2 Å². The second-order valence-corrected chi connectivity index (χ2v) is 7.32. The van der Waals surface area contributed by atoms with E-state index in [0.717, 1.165) is 5.69 Å². The van der Waals surface area contributed by atoms with Gasteiger partial charge in [-0.15, -0.1) is 0 Å². The van der Waals surface area contributed by atoms with Crippen molar-refractivity contribution >= 4 is 17.6 Å². The maximum absolute atomic E-state index is 11.9. The molecular weight excluding hydrogens is 400 g/mol. The van der Waals surface area contributed by atoms with Gasteiger partial charge in [-0.2, -0.15) is 0 Å². The van der Waals surface area contributed by atoms with Gasteiger partial charge >= 0.3 is 5.97 Å². The van der Waals surface area contributed by atoms with Crippen molar-refractivity contribution in [1.82, 2.24) is 9.88 Å². The molecule has 2 aliphatic heterocycles. The summed E-state index contributed by atoms with van der Waals surface area (Å²) in [4.78, 5) is 18.8. The smallest absolute Gasteiger partial charge is 0.307 e. The van der Waals surface area contributed by atoms with Crippen LogP contribution < -0.4 is 9.47 Å². The molecule has 0 aliphatic carbocycles. The summed E-state index contributed by atoms with van der Waals surface area (Å²) in [5.41, 5.74) is 1.44. The number of ether oxygens (including phenoxy) is 4. The molecule has 2 aromatic rings. The summed E-state index contributed by atoms with van der Waals surface area (Å²) < 4.78 is 27.3. The van der Waals surface area contributed by atoms with Crippen LogP contribution in [-0.2, 0) is 20.8 Å². The lowest BCUT2D eigenvalue weighted by Crippen LogP contribution is -2.46. The van der Waals surface area contributed by atoms with Gasteiger partial charge in [0.1, 0.15) is 5.76 Å². The number of morpholine rings is 1. The van der Waals surface area contributed by atoms with E-state index in [4.69, 9.17) is 35.0 Å². The Labute approximate surface area is 173 Å². The lowest BCUT2D eigenvalue weighted by Gasteiger charge is -2.34. The average Bonchev–Trinajstić information content (AvgIpc) is 3.29. The van der Waals surface area contributed by atoms with E-state index in [2.05, 4.69) is 9.88 Å². The molecule has 8 nitrogen and oxygen atoms in total. The summed E-state index contributed by atoms with van der Waals surface area (Å²) in [5, 5.41) is 0.480. The summed E-state index contributed by atoms with van der Waals surface area (Å²) in [6, 6.07) is 3.42. The predicted octanol–water partition coefficient (Wildman–Crippen LogP) is 3.19. The average molecular weight is 423 g/mol. The summed E-state index contributed by atoms with van der Waals surface area (Å²) in [5.74, 6) is 2.13. The van der Waals surface area contributed by atoms with Crippen LogP contribution in [0, 0.1) is 6.92 Å². The molecule has 156 valence electrons. The van der Waals surface area contributed by atoms with Crippen LogP contribution in [-0.4, -0.2) is 55.1 Å². The zero-order valence-electron chi connectivity index (χ0n) is 16.4. The van der Waals surface area contributed by atoms with Gasteiger partial charge in [-0.1, -0.05) is 11.6 Å². The van der Waals surface area contributed by atoms with Crippen LogP contribution in [0.5, 0.6) is 11.5 Å². The van der Waals surface area contributed by atoms with Gasteiger partial charge in [0.2, 0.25) is 12.7 Å². The van der Waals surface area contributed by atoms with E-state index < -0.39 is 0 Å². The number of rotatable bonds is 6. The van der Waals surface area contributed by atoms with Crippen molar-refractivity contribution < 1.29 is 28.2 Å². The molecule has 1 atom stereocenters. The number of esters is 1. The Morgan fingerprint density at radius 2 is 2.14 bits per heavy atom. The second-order valence-electron chi connectivity index (χ2n) is 6.92. The number of benzene rings is 1. The van der Waals surface area contributed by atoms with Crippen LogP contribution in [0.1, 0.15) is 24.8 Å². The maximum Gasteiger partial charge on any atom is 0.307 e. The van der Waals surface area contributed by atoms with E-state index in [9.17, 15) is 4.79 Å². The molecule has 0 bridgehead atoms. The minimum absolute atomic E-state index is 0.0588. The van der Waals surface area contributed by atoms with Crippen molar-refractivity contribution in [2.45, 2.75) is 32.9 Å². The molecule has 1 fully saturated rings. The molecule has 4 rings (SSSR count). The quantitative estimate of drug-likeness (QED) is 0.656. The molecule has 0 spiro atoms. The Balaban J connectivity index is 1.53. The lowest BCUT2D eigenvalue weighted by atomic mass is 10.1. The van der Waals surface area contributed by atoms with Gasteiger partial charge in [0.15, 0.2) is 11.5 Å². The molecule has 9 heteroatoms. The third-order valence-electron chi connectivity index (χ3n) is 5.00. The first-order valence-electron chi connectivity index (χ1n) is 9.58. The molecule has 0 unspecified atom stereocenters. The molecule has 3 heterocycles. The maximum atomic E-state index is 11.9. The van der Waals surface area contributed by atoms with Crippen LogP contribution in [0.25, 0.3) is 11.5 Å². The monoisotopic (exact) mass is 422 g/mol. The molecule has 0 radical (unpaired) electrons. The van der Waals surface area contributed by atoms with Gasteiger partial charge in [0, 0.05) is 25.2 Å². The zero-order valence-corrected chi connectivity index (χ0v) is 17.2. The van der Waals surface area contributed by atoms with Crippen LogP contribution in [0.4, 0.5) is 0 Å². The normalized spacial score (nSPS) is 18.8. The molecule has 2 aliphatic rings. The fourth-order valence-corrected chi connectivity index (χ4v) is 3.70. The molecule has 0 amide bonds. The predicted molar refractivity (Wildman–Crippen MR) is 104 cm³/mol. The third kappa shape index (κ3) is 4.34. The summed E-state index contributed by atoms with van der Waals surface area (Å²) in [7, 11) is 0. The van der Waals surface area contributed by atoms with Crippen molar-refractivity contribution in [3.05, 3.63) is 28.6 Å². The van der Waals surface area contributed by atoms with Crippen molar-refractivity contribution in [3.8, 4) is 23.0 Å². The number of carbonyl (C=O) groups is 1. The number of hydrogen-bond donors (Lipinski definition) is 0. The number of hydrogen-bond acceptors (Lipinski definition) is 8. The minimum Gasteiger partial charge on any atom is -0.466 e. The Kier molecular flexibility index (Phi) is 5.94. The number of aromatic nitrogens is 1. The van der Waals surface area contributed by atoms with Gasteiger partial charge in [-0.3, -0.25) is 9.69 Å². The van der Waals surface area contributed by atoms with Crippen LogP contribution in [0.15, 0.2) is 16.5 Å². The summed E-state index contributed by atoms with van der Waals surface area (Å²) in [6.45, 7) is 6.55. The lowest BCUT2D eigenvalue weighted by molar-refractivity contribution is -0.146. The number of halogens is 1. The molecule has 0 saturated carbocycles. The number of aryl methyl sites for hydroxylation is 1. The van der Waals surface area contributed by atoms with Crippen molar-refractivity contribution in [2.24, 2.45) is 0 Å². The van der Waals surface area contributed by atoms with Gasteiger partial charge < -0.3 is 23.4 Å². The Bertz CT molecular complexity index is 899. The van der Waals surface area contributed by atoms with Crippen LogP contribution >= 0.6 is 11.6 Å². The van der Waals surface area contributed by atoms with Gasteiger partial charge in [0.25, 0.3) is 0 Å². The minimum atomic E-state index is -0.224. The first-order valence-corrected chi connectivity index (χ1v) is 9.96. The van der Waals surface area contributed by atoms with E-state index in [-0.39, 0.29) is 25.2 Å². The van der Waals surface area contributed by atoms with E-state index >= 15 is 0 Å². The number of fused-ring (bicyclic) bond motifs is 1. The fraction of sp³-hybridized carbons (Fsp3) is 0.500. The van der Waals surface area contributed by atoms with E-state index in [1.807, 2.05) is 6.92 Å². The molecule has 1 aromatic heterocycles. The highest BCUT2D eigenvalue weighted by molar-refractivity contribution is 6.33. The van der Waals surface area contributed by atoms with E-state index in [0.29, 0.717) is 66.6 Å². The van der Waals surface area contributed by atoms with Gasteiger partial charge in [-0.25, -0.2) is 4.98 Å². The Hall–Kier alpha value is -2.29. The van der Waals surface area contributed by atoms with Crippen molar-refractivity contribution in [3.63, 3.8) is 0 Å². The van der Waals surface area contributed by atoms with E-state index in [1.54, 1.807) is 19.1 Å². The topological polar surface area (TPSA) is 83.3 Å². The first-order chi connectivity index (χ1) is 14.0. The molecule has 0 N–H and O–H groups in total. The van der Waals surface area contributed by atoms with Gasteiger partial charge in [-0.05, 0) is 19.9 Å².